The molecule has 4 rings (SSSR count). The first kappa shape index (κ1) is 17.7. The quantitative estimate of drug-likeness (QED) is 0.714. The van der Waals surface area contributed by atoms with Gasteiger partial charge in [-0.25, -0.2) is 0 Å². The van der Waals surface area contributed by atoms with E-state index < -0.39 is 0 Å². The maximum absolute atomic E-state index is 12.7. The van der Waals surface area contributed by atoms with Gasteiger partial charge < -0.3 is 4.74 Å². The number of ketones is 1. The van der Waals surface area contributed by atoms with Crippen molar-refractivity contribution >= 4 is 16.7 Å². The minimum atomic E-state index is 0.254. The van der Waals surface area contributed by atoms with Crippen LogP contribution in [0.1, 0.15) is 48.0 Å². The van der Waals surface area contributed by atoms with Gasteiger partial charge in [-0.3, -0.25) is 14.4 Å². The summed E-state index contributed by atoms with van der Waals surface area (Å²) in [5.74, 6) is 1.04. The molecule has 5 heteroatoms. The van der Waals surface area contributed by atoms with Crippen LogP contribution in [0.25, 0.3) is 10.9 Å². The van der Waals surface area contributed by atoms with Gasteiger partial charge in [-0.1, -0.05) is 6.42 Å². The number of hydrogen-bond acceptors (Lipinski definition) is 4. The van der Waals surface area contributed by atoms with E-state index in [0.717, 1.165) is 73.8 Å². The summed E-state index contributed by atoms with van der Waals surface area (Å²) in [4.78, 5) is 15.1. The second-order valence-corrected chi connectivity index (χ2v) is 7.80. The first-order valence-electron chi connectivity index (χ1n) is 10.0. The van der Waals surface area contributed by atoms with E-state index in [-0.39, 0.29) is 5.78 Å². The van der Waals surface area contributed by atoms with Crippen molar-refractivity contribution in [2.75, 3.05) is 32.8 Å². The van der Waals surface area contributed by atoms with Crippen LogP contribution in [-0.4, -0.2) is 53.3 Å². The molecule has 0 N–H and O–H groups in total. The number of Topliss-reactive ketones (excluding diaryl/α,β-unsaturated/α-hetero) is 1. The molecule has 0 unspecified atom stereocenters. The zero-order valence-electron chi connectivity index (χ0n) is 15.7. The average Bonchev–Trinajstić information content (AvgIpc) is 3.03. The van der Waals surface area contributed by atoms with E-state index >= 15 is 0 Å². The number of nitrogens with zero attached hydrogens (tertiary/aromatic N) is 3. The van der Waals surface area contributed by atoms with E-state index in [0.29, 0.717) is 6.42 Å². The molecule has 1 aliphatic heterocycles. The Kier molecular flexibility index (Phi) is 5.36. The van der Waals surface area contributed by atoms with Crippen LogP contribution in [0.3, 0.4) is 0 Å². The van der Waals surface area contributed by atoms with Gasteiger partial charge in [0.15, 0.2) is 5.78 Å². The number of carbonyl (C=O) groups is 1. The summed E-state index contributed by atoms with van der Waals surface area (Å²) >= 11 is 0. The van der Waals surface area contributed by atoms with Crippen molar-refractivity contribution < 1.29 is 9.53 Å². The molecule has 0 amide bonds. The molecular formula is C21H29N3O2. The lowest BCUT2D eigenvalue weighted by Gasteiger charge is -2.26. The number of morpholine rings is 1. The lowest BCUT2D eigenvalue weighted by atomic mass is 9.85. The molecule has 1 saturated heterocycles. The summed E-state index contributed by atoms with van der Waals surface area (Å²) in [5.41, 5.74) is 2.95. The van der Waals surface area contributed by atoms with Gasteiger partial charge in [0.1, 0.15) is 0 Å². The smallest absolute Gasteiger partial charge is 0.163 e. The molecule has 2 aromatic rings. The summed E-state index contributed by atoms with van der Waals surface area (Å²) in [6.45, 7) is 7.65. The molecule has 1 aromatic carbocycles. The van der Waals surface area contributed by atoms with Crippen LogP contribution in [0.4, 0.5) is 0 Å². The Morgan fingerprint density at radius 2 is 2.08 bits per heavy atom. The molecule has 2 fully saturated rings. The van der Waals surface area contributed by atoms with E-state index in [9.17, 15) is 4.79 Å². The number of hydrogen-bond donors (Lipinski definition) is 0. The fourth-order valence-electron chi connectivity index (χ4n) is 4.04. The van der Waals surface area contributed by atoms with Gasteiger partial charge in [0.05, 0.1) is 18.7 Å². The number of carbonyl (C=O) groups excluding carboxylic acids is 1. The predicted octanol–water partition coefficient (Wildman–Crippen LogP) is 3.44. The highest BCUT2D eigenvalue weighted by molar-refractivity contribution is 6.01. The SMILES string of the molecule is Cc1c(C(=O)CCCN2CCOCC2)ccc2nn(CC3CCC3)cc12. The Morgan fingerprint density at radius 3 is 2.81 bits per heavy atom. The minimum Gasteiger partial charge on any atom is -0.379 e. The first-order valence-corrected chi connectivity index (χ1v) is 10.0. The molecule has 0 atom stereocenters. The van der Waals surface area contributed by atoms with Gasteiger partial charge in [0.2, 0.25) is 0 Å². The van der Waals surface area contributed by atoms with Gasteiger partial charge in [-0.05, 0) is 56.3 Å². The van der Waals surface area contributed by atoms with Crippen molar-refractivity contribution in [2.24, 2.45) is 5.92 Å². The summed E-state index contributed by atoms with van der Waals surface area (Å²) in [6, 6.07) is 3.98. The Morgan fingerprint density at radius 1 is 1.27 bits per heavy atom. The molecule has 1 aliphatic carbocycles. The first-order chi connectivity index (χ1) is 12.7. The van der Waals surface area contributed by atoms with Crippen molar-refractivity contribution in [2.45, 2.75) is 45.6 Å². The number of aromatic nitrogens is 2. The molecule has 140 valence electrons. The second kappa shape index (κ2) is 7.89. The lowest BCUT2D eigenvalue weighted by Crippen LogP contribution is -2.36. The van der Waals surface area contributed by atoms with E-state index in [4.69, 9.17) is 9.84 Å². The monoisotopic (exact) mass is 355 g/mol. The molecule has 2 aliphatic rings. The third-order valence-electron chi connectivity index (χ3n) is 5.96. The molecule has 0 bridgehead atoms. The Labute approximate surface area is 155 Å². The van der Waals surface area contributed by atoms with Crippen LogP contribution >= 0.6 is 0 Å². The predicted molar refractivity (Wildman–Crippen MR) is 103 cm³/mol. The van der Waals surface area contributed by atoms with E-state index in [1.54, 1.807) is 0 Å². The maximum Gasteiger partial charge on any atom is 0.163 e. The van der Waals surface area contributed by atoms with Crippen LogP contribution in [0.5, 0.6) is 0 Å². The molecule has 1 saturated carbocycles. The second-order valence-electron chi connectivity index (χ2n) is 7.80. The summed E-state index contributed by atoms with van der Waals surface area (Å²) < 4.78 is 7.45. The third kappa shape index (κ3) is 3.84. The van der Waals surface area contributed by atoms with Crippen LogP contribution in [0.2, 0.25) is 0 Å². The van der Waals surface area contributed by atoms with Crippen molar-refractivity contribution in [3.63, 3.8) is 0 Å². The standard InChI is InChI=1S/C21H29N3O2/c1-16-18(21(25)6-3-9-23-10-12-26-13-11-23)7-8-20-19(16)15-24(22-20)14-17-4-2-5-17/h7-8,15,17H,2-6,9-14H2,1H3. The normalized spacial score (nSPS) is 19.0. The molecule has 0 radical (unpaired) electrons. The van der Waals surface area contributed by atoms with Crippen molar-refractivity contribution in [1.82, 2.24) is 14.7 Å². The lowest BCUT2D eigenvalue weighted by molar-refractivity contribution is 0.0371. The number of aryl methyl sites for hydroxylation is 1. The summed E-state index contributed by atoms with van der Waals surface area (Å²) in [6.07, 6.45) is 7.66. The molecule has 1 aromatic heterocycles. The topological polar surface area (TPSA) is 47.4 Å². The van der Waals surface area contributed by atoms with Crippen molar-refractivity contribution in [1.29, 1.82) is 0 Å². The van der Waals surface area contributed by atoms with E-state index in [2.05, 4.69) is 22.7 Å². The zero-order valence-corrected chi connectivity index (χ0v) is 15.7. The molecular weight excluding hydrogens is 326 g/mol. The van der Waals surface area contributed by atoms with Gasteiger partial charge >= 0.3 is 0 Å². The number of benzene rings is 1. The molecule has 26 heavy (non-hydrogen) atoms. The summed E-state index contributed by atoms with van der Waals surface area (Å²) in [7, 11) is 0. The Balaban J connectivity index is 1.40. The fraction of sp³-hybridized carbons (Fsp3) is 0.619. The highest BCUT2D eigenvalue weighted by Gasteiger charge is 2.19. The fourth-order valence-corrected chi connectivity index (χ4v) is 4.04. The van der Waals surface area contributed by atoms with Gasteiger partial charge in [0.25, 0.3) is 0 Å². The van der Waals surface area contributed by atoms with Crippen LogP contribution in [-0.2, 0) is 11.3 Å². The van der Waals surface area contributed by atoms with Crippen LogP contribution in [0, 0.1) is 12.8 Å². The largest absolute Gasteiger partial charge is 0.379 e. The van der Waals surface area contributed by atoms with Crippen molar-refractivity contribution in [3.05, 3.63) is 29.5 Å². The van der Waals surface area contributed by atoms with Gasteiger partial charge in [0, 0.05) is 43.2 Å². The van der Waals surface area contributed by atoms with Gasteiger partial charge in [-0.2, -0.15) is 5.10 Å². The third-order valence-corrected chi connectivity index (χ3v) is 5.96. The molecule has 5 nitrogen and oxygen atoms in total. The van der Waals surface area contributed by atoms with E-state index in [1.165, 1.54) is 19.3 Å². The summed E-state index contributed by atoms with van der Waals surface area (Å²) in [5, 5.41) is 5.83. The number of rotatable bonds is 7. The number of ether oxygens (including phenoxy) is 1. The van der Waals surface area contributed by atoms with Crippen LogP contribution < -0.4 is 0 Å². The Bertz CT molecular complexity index is 773. The van der Waals surface area contributed by atoms with Gasteiger partial charge in [-0.15, -0.1) is 0 Å². The minimum absolute atomic E-state index is 0.254. The molecule has 2 heterocycles. The molecule has 0 spiro atoms. The van der Waals surface area contributed by atoms with E-state index in [1.807, 2.05) is 12.1 Å². The highest BCUT2D eigenvalue weighted by atomic mass is 16.5. The Hall–Kier alpha value is -1.72. The highest BCUT2D eigenvalue weighted by Crippen LogP contribution is 2.29. The zero-order chi connectivity index (χ0) is 17.9. The number of fused-ring (bicyclic) bond motifs is 1. The maximum atomic E-state index is 12.7. The van der Waals surface area contributed by atoms with Crippen molar-refractivity contribution in [3.8, 4) is 0 Å². The van der Waals surface area contributed by atoms with Crippen LogP contribution in [0.15, 0.2) is 18.3 Å². The average molecular weight is 355 g/mol.